The number of hydrogen-bond donors (Lipinski definition) is 0. The maximum Gasteiger partial charge on any atom is 0.0397 e. The van der Waals surface area contributed by atoms with Crippen molar-refractivity contribution in [1.82, 2.24) is 5.32 Å². The van der Waals surface area contributed by atoms with Gasteiger partial charge in [0.2, 0.25) is 0 Å². The molecule has 0 saturated carbocycles. The van der Waals surface area contributed by atoms with E-state index in [4.69, 9.17) is 0 Å². The molecule has 0 aliphatic heterocycles. The largest absolute Gasteiger partial charge is 0.235 e. The number of allylic oxidation sites excluding steroid dienone is 1. The molecule has 0 amide bonds. The van der Waals surface area contributed by atoms with Crippen LogP contribution in [0.5, 0.6) is 0 Å². The van der Waals surface area contributed by atoms with Gasteiger partial charge in [-0.3, -0.25) is 0 Å². The fourth-order valence-corrected chi connectivity index (χ4v) is 1.93. The van der Waals surface area contributed by atoms with Crippen LogP contribution in [0.2, 0.25) is 0 Å². The van der Waals surface area contributed by atoms with E-state index < -0.39 is 0 Å². The highest BCUT2D eigenvalue weighted by atomic mass is 14.9. The third kappa shape index (κ3) is 13.6. The Balaban J connectivity index is 3.10. The molecule has 0 rings (SSSR count). The molecule has 1 radical (unpaired) electrons. The molecule has 0 fully saturated rings. The van der Waals surface area contributed by atoms with Gasteiger partial charge in [-0.15, -0.1) is 0 Å². The Labute approximate surface area is 109 Å². The SMILES string of the molecule is CCC=CC(C)[N]CCCCCCCCCC. The topological polar surface area (TPSA) is 14.1 Å². The predicted molar refractivity (Wildman–Crippen MR) is 78.5 cm³/mol. The summed E-state index contributed by atoms with van der Waals surface area (Å²) in [5.74, 6) is 0. The molecule has 0 bridgehead atoms. The monoisotopic (exact) mass is 238 g/mol. The van der Waals surface area contributed by atoms with Gasteiger partial charge in [-0.25, -0.2) is 5.32 Å². The zero-order valence-corrected chi connectivity index (χ0v) is 12.3. The molecule has 0 aromatic rings. The molecular weight excluding hydrogens is 206 g/mol. The highest BCUT2D eigenvalue weighted by Gasteiger charge is 1.96. The van der Waals surface area contributed by atoms with Crippen LogP contribution in [0.4, 0.5) is 0 Å². The molecule has 101 valence electrons. The molecule has 1 unspecified atom stereocenters. The molecule has 0 aliphatic rings. The lowest BCUT2D eigenvalue weighted by Gasteiger charge is -2.06. The highest BCUT2D eigenvalue weighted by molar-refractivity contribution is 4.89. The van der Waals surface area contributed by atoms with Crippen LogP contribution in [-0.2, 0) is 0 Å². The summed E-state index contributed by atoms with van der Waals surface area (Å²) >= 11 is 0. The lowest BCUT2D eigenvalue weighted by Crippen LogP contribution is -2.16. The van der Waals surface area contributed by atoms with E-state index in [1.54, 1.807) is 0 Å². The molecule has 0 heterocycles. The molecule has 1 atom stereocenters. The zero-order chi connectivity index (χ0) is 12.8. The molecule has 0 spiro atoms. The maximum atomic E-state index is 4.62. The van der Waals surface area contributed by atoms with Gasteiger partial charge in [-0.1, -0.05) is 70.9 Å². The second-order valence-electron chi connectivity index (χ2n) is 4.96. The van der Waals surface area contributed by atoms with Crippen molar-refractivity contribution in [2.45, 2.75) is 84.6 Å². The Bertz CT molecular complexity index is 163. The van der Waals surface area contributed by atoms with Gasteiger partial charge < -0.3 is 0 Å². The summed E-state index contributed by atoms with van der Waals surface area (Å²) in [7, 11) is 0. The van der Waals surface area contributed by atoms with Crippen molar-refractivity contribution in [3.05, 3.63) is 12.2 Å². The van der Waals surface area contributed by atoms with Crippen LogP contribution >= 0.6 is 0 Å². The Morgan fingerprint density at radius 3 is 2.06 bits per heavy atom. The average Bonchev–Trinajstić information content (AvgIpc) is 2.34. The highest BCUT2D eigenvalue weighted by Crippen LogP contribution is 2.08. The van der Waals surface area contributed by atoms with Crippen LogP contribution in [0.1, 0.15) is 78.6 Å². The summed E-state index contributed by atoms with van der Waals surface area (Å²) in [6, 6.07) is 0.416. The van der Waals surface area contributed by atoms with Gasteiger partial charge in [0.05, 0.1) is 0 Å². The van der Waals surface area contributed by atoms with Gasteiger partial charge >= 0.3 is 0 Å². The third-order valence-electron chi connectivity index (χ3n) is 3.08. The summed E-state index contributed by atoms with van der Waals surface area (Å²) in [6.07, 6.45) is 16.6. The minimum atomic E-state index is 0.416. The third-order valence-corrected chi connectivity index (χ3v) is 3.08. The van der Waals surface area contributed by atoms with E-state index >= 15 is 0 Å². The van der Waals surface area contributed by atoms with Crippen molar-refractivity contribution in [3.63, 3.8) is 0 Å². The van der Waals surface area contributed by atoms with E-state index in [0.717, 1.165) is 13.0 Å². The quantitative estimate of drug-likeness (QED) is 0.332. The van der Waals surface area contributed by atoms with Gasteiger partial charge in [0.15, 0.2) is 0 Å². The number of rotatable bonds is 12. The van der Waals surface area contributed by atoms with E-state index in [2.05, 4.69) is 38.2 Å². The maximum absolute atomic E-state index is 4.62. The molecule has 17 heavy (non-hydrogen) atoms. The lowest BCUT2D eigenvalue weighted by atomic mass is 10.1. The van der Waals surface area contributed by atoms with Crippen LogP contribution < -0.4 is 5.32 Å². The van der Waals surface area contributed by atoms with Crippen molar-refractivity contribution < 1.29 is 0 Å². The number of unbranched alkanes of at least 4 members (excludes halogenated alkanes) is 7. The normalized spacial score (nSPS) is 13.4. The van der Waals surface area contributed by atoms with Crippen molar-refractivity contribution in [2.75, 3.05) is 6.54 Å². The Kier molecular flexibility index (Phi) is 13.5. The van der Waals surface area contributed by atoms with Crippen LogP contribution in [0.15, 0.2) is 12.2 Å². The molecule has 0 N–H and O–H groups in total. The molecule has 0 aromatic carbocycles. The minimum Gasteiger partial charge on any atom is -0.235 e. The number of hydrogen-bond acceptors (Lipinski definition) is 0. The molecule has 0 aliphatic carbocycles. The summed E-state index contributed by atoms with van der Waals surface area (Å²) in [5, 5.41) is 4.62. The van der Waals surface area contributed by atoms with Crippen molar-refractivity contribution in [3.8, 4) is 0 Å². The molecule has 0 saturated heterocycles. The molecule has 1 nitrogen and oxygen atoms in total. The standard InChI is InChI=1S/C16H32N/c1-4-6-8-9-10-11-12-13-15-17-16(3)14-7-5-2/h7,14,16H,4-6,8-13,15H2,1-3H3. The van der Waals surface area contributed by atoms with Crippen LogP contribution in [0.3, 0.4) is 0 Å². The fraction of sp³-hybridized carbons (Fsp3) is 0.875. The van der Waals surface area contributed by atoms with Gasteiger partial charge in [-0.05, 0) is 19.8 Å². The minimum absolute atomic E-state index is 0.416. The Morgan fingerprint density at radius 1 is 0.882 bits per heavy atom. The summed E-state index contributed by atoms with van der Waals surface area (Å²) < 4.78 is 0. The molecule has 0 aromatic heterocycles. The van der Waals surface area contributed by atoms with E-state index in [0.29, 0.717) is 6.04 Å². The van der Waals surface area contributed by atoms with Crippen molar-refractivity contribution in [2.24, 2.45) is 0 Å². The Hall–Kier alpha value is -0.300. The average molecular weight is 238 g/mol. The van der Waals surface area contributed by atoms with E-state index in [9.17, 15) is 0 Å². The number of nitrogens with zero attached hydrogens (tertiary/aromatic N) is 1. The summed E-state index contributed by atoms with van der Waals surface area (Å²) in [4.78, 5) is 0. The zero-order valence-electron chi connectivity index (χ0n) is 12.3. The lowest BCUT2D eigenvalue weighted by molar-refractivity contribution is 0.537. The van der Waals surface area contributed by atoms with Gasteiger partial charge in [0, 0.05) is 12.6 Å². The fourth-order valence-electron chi connectivity index (χ4n) is 1.93. The van der Waals surface area contributed by atoms with Crippen molar-refractivity contribution >= 4 is 0 Å². The first kappa shape index (κ1) is 16.7. The van der Waals surface area contributed by atoms with E-state index in [-0.39, 0.29) is 0 Å². The first-order chi connectivity index (χ1) is 8.31. The van der Waals surface area contributed by atoms with Crippen molar-refractivity contribution in [1.29, 1.82) is 0 Å². The van der Waals surface area contributed by atoms with Gasteiger partial charge in [-0.2, -0.15) is 0 Å². The van der Waals surface area contributed by atoms with Gasteiger partial charge in [0.25, 0.3) is 0 Å². The summed E-state index contributed by atoms with van der Waals surface area (Å²) in [5.41, 5.74) is 0. The second kappa shape index (κ2) is 13.8. The van der Waals surface area contributed by atoms with Crippen LogP contribution in [0, 0.1) is 0 Å². The van der Waals surface area contributed by atoms with E-state index in [1.165, 1.54) is 51.4 Å². The van der Waals surface area contributed by atoms with Crippen LogP contribution in [0.25, 0.3) is 0 Å². The van der Waals surface area contributed by atoms with Crippen LogP contribution in [-0.4, -0.2) is 12.6 Å². The second-order valence-corrected chi connectivity index (χ2v) is 4.96. The van der Waals surface area contributed by atoms with E-state index in [1.807, 2.05) is 0 Å². The first-order valence-electron chi connectivity index (χ1n) is 7.64. The first-order valence-corrected chi connectivity index (χ1v) is 7.64. The van der Waals surface area contributed by atoms with Gasteiger partial charge in [0.1, 0.15) is 0 Å². The Morgan fingerprint density at radius 2 is 1.47 bits per heavy atom. The molecule has 1 heteroatoms. The smallest absolute Gasteiger partial charge is 0.0397 e. The summed E-state index contributed by atoms with van der Waals surface area (Å²) in [6.45, 7) is 7.67. The predicted octanol–water partition coefficient (Wildman–Crippen LogP) is 5.09. The molecular formula is C16H32N.